The molecule has 1 saturated heterocycles. The van der Waals surface area contributed by atoms with Gasteiger partial charge in [-0.3, -0.25) is 4.79 Å². The van der Waals surface area contributed by atoms with Crippen molar-refractivity contribution in [1.29, 1.82) is 0 Å². The molecule has 3 aromatic rings. The number of hydrogen-bond donors (Lipinski definition) is 3. The topological polar surface area (TPSA) is 83.3 Å². The highest BCUT2D eigenvalue weighted by Gasteiger charge is 2.17. The number of pyridine rings is 1. The molecule has 1 aliphatic heterocycles. The summed E-state index contributed by atoms with van der Waals surface area (Å²) in [6, 6.07) is 9.08. The lowest BCUT2D eigenvalue weighted by Crippen LogP contribution is -2.43. The van der Waals surface area contributed by atoms with Crippen LogP contribution in [0.3, 0.4) is 0 Å². The summed E-state index contributed by atoms with van der Waals surface area (Å²) in [5, 5.41) is 6.95. The predicted molar refractivity (Wildman–Crippen MR) is 124 cm³/mol. The molecular weight excluding hydrogens is 425 g/mol. The molecule has 0 unspecified atom stereocenters. The predicted octanol–water partition coefficient (Wildman–Crippen LogP) is 3.13. The molecule has 0 bridgehead atoms. The van der Waals surface area contributed by atoms with E-state index >= 15 is 0 Å². The first-order valence-corrected chi connectivity index (χ1v) is 10.5. The van der Waals surface area contributed by atoms with Crippen molar-refractivity contribution in [3.8, 4) is 0 Å². The number of nitrogens with two attached hydrogens (primary N) is 1. The Morgan fingerprint density at radius 1 is 1.30 bits per heavy atom. The molecule has 0 radical (unpaired) electrons. The van der Waals surface area contributed by atoms with E-state index in [2.05, 4.69) is 20.5 Å². The number of rotatable bonds is 5. The number of carbonyl (C=O) groups excluding carboxylic acids is 1. The second kappa shape index (κ2) is 9.59. The van der Waals surface area contributed by atoms with Gasteiger partial charge in [-0.2, -0.15) is 0 Å². The summed E-state index contributed by atoms with van der Waals surface area (Å²) in [5.74, 6) is -0.438. The van der Waals surface area contributed by atoms with Gasteiger partial charge >= 0.3 is 0 Å². The molecule has 30 heavy (non-hydrogen) atoms. The third kappa shape index (κ3) is 4.66. The number of piperazine rings is 1. The van der Waals surface area contributed by atoms with Crippen molar-refractivity contribution < 1.29 is 9.18 Å². The fourth-order valence-corrected chi connectivity index (χ4v) is 4.58. The molecule has 9 heteroatoms. The summed E-state index contributed by atoms with van der Waals surface area (Å²) in [4.78, 5) is 20.3. The molecular formula is C21H25ClFN5OS. The Labute approximate surface area is 185 Å². The Bertz CT molecular complexity index is 1050. The van der Waals surface area contributed by atoms with E-state index in [9.17, 15) is 9.18 Å². The van der Waals surface area contributed by atoms with Gasteiger partial charge in [-0.1, -0.05) is 6.07 Å². The lowest BCUT2D eigenvalue weighted by molar-refractivity contribution is 0.0959. The molecule has 0 spiro atoms. The highest BCUT2D eigenvalue weighted by atomic mass is 35.5. The molecule has 160 valence electrons. The number of hydrogen-bond acceptors (Lipinski definition) is 6. The van der Waals surface area contributed by atoms with Gasteiger partial charge in [-0.25, -0.2) is 9.37 Å². The number of amides is 1. The van der Waals surface area contributed by atoms with Crippen LogP contribution in [0.2, 0.25) is 0 Å². The summed E-state index contributed by atoms with van der Waals surface area (Å²) in [6.07, 6.45) is 0.548. The smallest absolute Gasteiger partial charge is 0.263 e. The van der Waals surface area contributed by atoms with Gasteiger partial charge in [0, 0.05) is 43.8 Å². The molecule has 4 rings (SSSR count). The average molecular weight is 450 g/mol. The molecule has 1 aromatic carbocycles. The van der Waals surface area contributed by atoms with Crippen LogP contribution in [0.1, 0.15) is 20.9 Å². The third-order valence-electron chi connectivity index (χ3n) is 5.11. The SMILES string of the molecule is Cc1ccc2c(N)c(C(=O)NCCc3ccc(N4CCNCC4)c(F)c3)sc2n1.Cl. The van der Waals surface area contributed by atoms with E-state index in [4.69, 9.17) is 5.73 Å². The van der Waals surface area contributed by atoms with Crippen LogP contribution in [0.4, 0.5) is 15.8 Å². The van der Waals surface area contributed by atoms with E-state index in [-0.39, 0.29) is 24.1 Å². The van der Waals surface area contributed by atoms with Crippen LogP contribution < -0.4 is 21.3 Å². The number of nitrogens with one attached hydrogen (secondary N) is 2. The van der Waals surface area contributed by atoms with E-state index in [0.717, 1.165) is 47.7 Å². The summed E-state index contributed by atoms with van der Waals surface area (Å²) in [6.45, 7) is 5.65. The zero-order chi connectivity index (χ0) is 20.4. The molecule has 4 N–H and O–H groups in total. The average Bonchev–Trinajstić information content (AvgIpc) is 3.04. The number of nitrogen functional groups attached to an aromatic ring is 1. The van der Waals surface area contributed by atoms with E-state index in [1.807, 2.05) is 31.2 Å². The molecule has 2 aromatic heterocycles. The van der Waals surface area contributed by atoms with E-state index < -0.39 is 0 Å². The van der Waals surface area contributed by atoms with Crippen molar-refractivity contribution in [2.45, 2.75) is 13.3 Å². The van der Waals surface area contributed by atoms with Crippen molar-refractivity contribution >= 4 is 51.2 Å². The first kappa shape index (κ1) is 22.3. The van der Waals surface area contributed by atoms with Crippen LogP contribution in [-0.2, 0) is 6.42 Å². The van der Waals surface area contributed by atoms with Gasteiger partial charge in [0.15, 0.2) is 0 Å². The summed E-state index contributed by atoms with van der Waals surface area (Å²) in [5.41, 5.74) is 8.97. The van der Waals surface area contributed by atoms with Crippen molar-refractivity contribution in [2.24, 2.45) is 0 Å². The van der Waals surface area contributed by atoms with E-state index in [0.29, 0.717) is 29.2 Å². The van der Waals surface area contributed by atoms with E-state index in [1.54, 1.807) is 6.07 Å². The largest absolute Gasteiger partial charge is 0.397 e. The Morgan fingerprint density at radius 2 is 2.07 bits per heavy atom. The minimum absolute atomic E-state index is 0. The lowest BCUT2D eigenvalue weighted by atomic mass is 10.1. The highest BCUT2D eigenvalue weighted by Crippen LogP contribution is 2.32. The summed E-state index contributed by atoms with van der Waals surface area (Å²) in [7, 11) is 0. The molecule has 0 atom stereocenters. The van der Waals surface area contributed by atoms with Crippen LogP contribution >= 0.6 is 23.7 Å². The highest BCUT2D eigenvalue weighted by molar-refractivity contribution is 7.21. The van der Waals surface area contributed by atoms with Crippen molar-refractivity contribution in [3.63, 3.8) is 0 Å². The fourth-order valence-electron chi connectivity index (χ4n) is 3.53. The Balaban J connectivity index is 0.00000256. The fraction of sp³-hybridized carbons (Fsp3) is 0.333. The van der Waals surface area contributed by atoms with Crippen LogP contribution in [0.25, 0.3) is 10.2 Å². The van der Waals surface area contributed by atoms with E-state index in [1.165, 1.54) is 11.3 Å². The number of nitrogens with zero attached hydrogens (tertiary/aromatic N) is 2. The molecule has 0 saturated carbocycles. The van der Waals surface area contributed by atoms with Gasteiger partial charge in [0.1, 0.15) is 15.5 Å². The van der Waals surface area contributed by atoms with Gasteiger partial charge in [0.2, 0.25) is 0 Å². The van der Waals surface area contributed by atoms with Gasteiger partial charge in [0.05, 0.1) is 11.4 Å². The van der Waals surface area contributed by atoms with Crippen LogP contribution in [0.15, 0.2) is 30.3 Å². The van der Waals surface area contributed by atoms with Gasteiger partial charge in [0.25, 0.3) is 5.91 Å². The Morgan fingerprint density at radius 3 is 2.80 bits per heavy atom. The zero-order valence-electron chi connectivity index (χ0n) is 16.7. The van der Waals surface area contributed by atoms with Crippen molar-refractivity contribution in [3.05, 3.63) is 52.3 Å². The molecule has 0 aliphatic carbocycles. The van der Waals surface area contributed by atoms with Crippen LogP contribution in [0, 0.1) is 12.7 Å². The number of benzene rings is 1. The minimum atomic E-state index is -0.221. The maximum atomic E-state index is 14.5. The number of carbonyl (C=O) groups is 1. The Hall–Kier alpha value is -2.42. The lowest BCUT2D eigenvalue weighted by Gasteiger charge is -2.29. The molecule has 1 fully saturated rings. The number of aromatic nitrogens is 1. The van der Waals surface area contributed by atoms with Crippen molar-refractivity contribution in [2.75, 3.05) is 43.4 Å². The summed E-state index contributed by atoms with van der Waals surface area (Å²) < 4.78 is 14.5. The Kier molecular flexibility index (Phi) is 7.12. The quantitative estimate of drug-likeness (QED) is 0.557. The number of thiophene rings is 1. The molecule has 1 aliphatic rings. The number of halogens is 2. The maximum absolute atomic E-state index is 14.5. The monoisotopic (exact) mass is 449 g/mol. The molecule has 3 heterocycles. The van der Waals surface area contributed by atoms with Gasteiger partial charge in [-0.05, 0) is 43.2 Å². The third-order valence-corrected chi connectivity index (χ3v) is 6.22. The second-order valence-corrected chi connectivity index (χ2v) is 8.18. The van der Waals surface area contributed by atoms with Gasteiger partial charge in [-0.15, -0.1) is 23.7 Å². The molecule has 6 nitrogen and oxygen atoms in total. The number of anilines is 2. The first-order valence-electron chi connectivity index (χ1n) is 9.71. The number of fused-ring (bicyclic) bond motifs is 1. The number of aryl methyl sites for hydroxylation is 1. The first-order chi connectivity index (χ1) is 14.0. The van der Waals surface area contributed by atoms with Gasteiger partial charge < -0.3 is 21.3 Å². The minimum Gasteiger partial charge on any atom is -0.397 e. The summed E-state index contributed by atoms with van der Waals surface area (Å²) >= 11 is 1.29. The van der Waals surface area contributed by atoms with Crippen molar-refractivity contribution in [1.82, 2.24) is 15.6 Å². The normalized spacial score (nSPS) is 13.9. The molecule has 1 amide bonds. The van der Waals surface area contributed by atoms with Crippen LogP contribution in [0.5, 0.6) is 0 Å². The maximum Gasteiger partial charge on any atom is 0.263 e. The standard InChI is InChI=1S/C21H24FN5OS.ClH/c1-13-2-4-15-18(23)19(29-21(15)26-13)20(28)25-7-6-14-3-5-17(16(22)12-14)27-10-8-24-9-11-27;/h2-5,12,24H,6-11,23H2,1H3,(H,25,28);1H. The second-order valence-electron chi connectivity index (χ2n) is 7.18. The zero-order valence-corrected chi connectivity index (χ0v) is 18.3. The van der Waals surface area contributed by atoms with Crippen LogP contribution in [-0.4, -0.2) is 43.6 Å².